The molecule has 0 fully saturated rings. The number of hydrogen-bond acceptors (Lipinski definition) is 2. The second kappa shape index (κ2) is 15.8. The van der Waals surface area contributed by atoms with Crippen LogP contribution in [0, 0.1) is 0 Å². The molecule has 2 nitrogen and oxygen atoms in total. The molecule has 11 aromatic carbocycles. The Hall–Kier alpha value is -8.72. The number of fused-ring (bicyclic) bond motifs is 7. The Morgan fingerprint density at radius 3 is 1.52 bits per heavy atom. The molecule has 12 aromatic rings. The summed E-state index contributed by atoms with van der Waals surface area (Å²) >= 11 is 0. The van der Waals surface area contributed by atoms with Crippen LogP contribution in [0.1, 0.15) is 22.3 Å². The van der Waals surface area contributed by atoms with E-state index in [4.69, 9.17) is 9.97 Å². The Morgan fingerprint density at radius 2 is 0.791 bits per heavy atom. The van der Waals surface area contributed by atoms with Crippen LogP contribution in [0.2, 0.25) is 0 Å². The molecule has 0 spiro atoms. The minimum Gasteiger partial charge on any atom is -0.228 e. The van der Waals surface area contributed by atoms with Gasteiger partial charge in [-0.25, -0.2) is 9.97 Å². The Bertz CT molecular complexity index is 3780. The average molecular weight is 851 g/mol. The van der Waals surface area contributed by atoms with Crippen molar-refractivity contribution in [1.29, 1.82) is 0 Å². The van der Waals surface area contributed by atoms with Crippen molar-refractivity contribution in [1.82, 2.24) is 9.97 Å². The molecule has 1 aliphatic carbocycles. The molecule has 0 unspecified atom stereocenters. The van der Waals surface area contributed by atoms with E-state index in [2.05, 4.69) is 255 Å². The molecule has 1 heterocycles. The van der Waals surface area contributed by atoms with Gasteiger partial charge in [-0.05, 0) is 106 Å². The standard InChI is InChI=1S/C65H42N2/c1-4-16-43(17-5-1)44-28-34-48(35-29-44)64-66-61(46-30-32-47(33-31-46)63-54-25-13-11-19-49(54)40-57-53-24-12-10-18-45(53)36-38-56(57)63)42-62(67-64)50-37-39-60-58(41-50)55-26-14-15-27-59(55)65(60,51-20-6-2-7-21-51)52-22-8-3-9-23-52/h1-42H. The van der Waals surface area contributed by atoms with Gasteiger partial charge in [0.2, 0.25) is 0 Å². The van der Waals surface area contributed by atoms with E-state index < -0.39 is 5.41 Å². The normalized spacial score (nSPS) is 12.6. The topological polar surface area (TPSA) is 25.8 Å². The van der Waals surface area contributed by atoms with Gasteiger partial charge in [0.15, 0.2) is 5.82 Å². The largest absolute Gasteiger partial charge is 0.228 e. The molecule has 0 radical (unpaired) electrons. The van der Waals surface area contributed by atoms with Crippen LogP contribution < -0.4 is 0 Å². The number of nitrogens with zero attached hydrogens (tertiary/aromatic N) is 2. The zero-order valence-corrected chi connectivity index (χ0v) is 36.6. The average Bonchev–Trinajstić information content (AvgIpc) is 3.71. The molecular formula is C65H42N2. The summed E-state index contributed by atoms with van der Waals surface area (Å²) in [6.45, 7) is 0. The Balaban J connectivity index is 0.976. The third kappa shape index (κ3) is 6.33. The third-order valence-electron chi connectivity index (χ3n) is 14.0. The minimum absolute atomic E-state index is 0.473. The molecule has 2 heteroatoms. The van der Waals surface area contributed by atoms with E-state index in [0.717, 1.165) is 33.6 Å². The fourth-order valence-corrected chi connectivity index (χ4v) is 10.9. The number of rotatable bonds is 7. The maximum Gasteiger partial charge on any atom is 0.160 e. The van der Waals surface area contributed by atoms with Crippen LogP contribution in [-0.2, 0) is 5.41 Å². The highest BCUT2D eigenvalue weighted by Gasteiger charge is 2.46. The Kier molecular flexibility index (Phi) is 9.11. The highest BCUT2D eigenvalue weighted by molar-refractivity contribution is 6.20. The van der Waals surface area contributed by atoms with Crippen LogP contribution in [0.5, 0.6) is 0 Å². The molecule has 1 aliphatic rings. The van der Waals surface area contributed by atoms with Crippen LogP contribution in [0.3, 0.4) is 0 Å². The summed E-state index contributed by atoms with van der Waals surface area (Å²) in [5, 5.41) is 7.50. The summed E-state index contributed by atoms with van der Waals surface area (Å²) < 4.78 is 0. The first-order valence-corrected chi connectivity index (χ1v) is 23.1. The van der Waals surface area contributed by atoms with Crippen molar-refractivity contribution >= 4 is 32.3 Å². The molecule has 0 saturated carbocycles. The summed E-state index contributed by atoms with van der Waals surface area (Å²) in [6, 6.07) is 92.4. The predicted octanol–water partition coefficient (Wildman–Crippen LogP) is 16.6. The van der Waals surface area contributed by atoms with Crippen LogP contribution in [0.4, 0.5) is 0 Å². The molecule has 0 saturated heterocycles. The first-order chi connectivity index (χ1) is 33.2. The van der Waals surface area contributed by atoms with Crippen molar-refractivity contribution in [3.8, 4) is 67.3 Å². The summed E-state index contributed by atoms with van der Waals surface area (Å²) in [5.74, 6) is 0.687. The zero-order chi connectivity index (χ0) is 44.3. The van der Waals surface area contributed by atoms with Crippen LogP contribution >= 0.6 is 0 Å². The van der Waals surface area contributed by atoms with Crippen LogP contribution in [-0.4, -0.2) is 9.97 Å². The van der Waals surface area contributed by atoms with Crippen LogP contribution in [0.15, 0.2) is 255 Å². The SMILES string of the molecule is c1ccc(-c2ccc(-c3nc(-c4ccc(-c5c6ccccc6cc6c5ccc5ccccc56)cc4)cc(-c4ccc5c(c4)-c4ccccc4C5(c4ccccc4)c4ccccc4)n3)cc2)cc1. The van der Waals surface area contributed by atoms with E-state index in [1.807, 2.05) is 0 Å². The van der Waals surface area contributed by atoms with Gasteiger partial charge in [0.1, 0.15) is 0 Å². The molecule has 0 aliphatic heterocycles. The summed E-state index contributed by atoms with van der Waals surface area (Å²) in [4.78, 5) is 10.7. The third-order valence-corrected chi connectivity index (χ3v) is 14.0. The van der Waals surface area contributed by atoms with Gasteiger partial charge in [-0.1, -0.05) is 237 Å². The molecule has 0 atom stereocenters. The van der Waals surface area contributed by atoms with Gasteiger partial charge in [0.05, 0.1) is 16.8 Å². The lowest BCUT2D eigenvalue weighted by Crippen LogP contribution is -2.28. The molecule has 0 amide bonds. The lowest BCUT2D eigenvalue weighted by atomic mass is 9.67. The van der Waals surface area contributed by atoms with Crippen molar-refractivity contribution in [2.24, 2.45) is 0 Å². The quantitative estimate of drug-likeness (QED) is 0.118. The van der Waals surface area contributed by atoms with Gasteiger partial charge in [-0.15, -0.1) is 0 Å². The Morgan fingerprint density at radius 1 is 0.269 bits per heavy atom. The number of hydrogen-bond donors (Lipinski definition) is 0. The van der Waals surface area contributed by atoms with Crippen molar-refractivity contribution in [3.05, 3.63) is 277 Å². The highest BCUT2D eigenvalue weighted by Crippen LogP contribution is 2.56. The molecule has 0 N–H and O–H groups in total. The summed E-state index contributed by atoms with van der Waals surface area (Å²) in [7, 11) is 0. The van der Waals surface area contributed by atoms with Crippen LogP contribution in [0.25, 0.3) is 99.6 Å². The summed E-state index contributed by atoms with van der Waals surface area (Å²) in [6.07, 6.45) is 0. The van der Waals surface area contributed by atoms with E-state index in [1.54, 1.807) is 0 Å². The van der Waals surface area contributed by atoms with Gasteiger partial charge in [0.25, 0.3) is 0 Å². The van der Waals surface area contributed by atoms with Gasteiger partial charge in [-0.3, -0.25) is 0 Å². The zero-order valence-electron chi connectivity index (χ0n) is 36.6. The van der Waals surface area contributed by atoms with Crippen molar-refractivity contribution in [3.63, 3.8) is 0 Å². The Labute approximate surface area is 390 Å². The van der Waals surface area contributed by atoms with E-state index in [-0.39, 0.29) is 0 Å². The smallest absolute Gasteiger partial charge is 0.160 e. The van der Waals surface area contributed by atoms with E-state index in [0.29, 0.717) is 5.82 Å². The van der Waals surface area contributed by atoms with Gasteiger partial charge < -0.3 is 0 Å². The number of benzene rings is 11. The van der Waals surface area contributed by atoms with Crippen molar-refractivity contribution in [2.45, 2.75) is 5.41 Å². The predicted molar refractivity (Wildman–Crippen MR) is 279 cm³/mol. The number of aromatic nitrogens is 2. The molecule has 67 heavy (non-hydrogen) atoms. The second-order valence-corrected chi connectivity index (χ2v) is 17.6. The second-order valence-electron chi connectivity index (χ2n) is 17.6. The molecule has 0 bridgehead atoms. The molecule has 13 rings (SSSR count). The summed E-state index contributed by atoms with van der Waals surface area (Å²) in [5.41, 5.74) is 16.6. The molecule has 1 aromatic heterocycles. The first kappa shape index (κ1) is 38.7. The van der Waals surface area contributed by atoms with Crippen molar-refractivity contribution < 1.29 is 0 Å². The van der Waals surface area contributed by atoms with E-state index in [9.17, 15) is 0 Å². The lowest BCUT2D eigenvalue weighted by Gasteiger charge is -2.33. The molecular weight excluding hydrogens is 809 g/mol. The van der Waals surface area contributed by atoms with Gasteiger partial charge in [0, 0.05) is 16.7 Å². The minimum atomic E-state index is -0.473. The lowest BCUT2D eigenvalue weighted by molar-refractivity contribution is 0.768. The highest BCUT2D eigenvalue weighted by atomic mass is 14.9. The van der Waals surface area contributed by atoms with E-state index >= 15 is 0 Å². The maximum atomic E-state index is 5.38. The van der Waals surface area contributed by atoms with Crippen molar-refractivity contribution in [2.75, 3.05) is 0 Å². The fraction of sp³-hybridized carbons (Fsp3) is 0.0154. The monoisotopic (exact) mass is 850 g/mol. The van der Waals surface area contributed by atoms with Gasteiger partial charge >= 0.3 is 0 Å². The first-order valence-electron chi connectivity index (χ1n) is 23.1. The molecule has 312 valence electrons. The maximum absolute atomic E-state index is 5.38. The van der Waals surface area contributed by atoms with Gasteiger partial charge in [-0.2, -0.15) is 0 Å². The fourth-order valence-electron chi connectivity index (χ4n) is 10.9. The van der Waals surface area contributed by atoms with E-state index in [1.165, 1.54) is 82.4 Å².